The van der Waals surface area contributed by atoms with Crippen molar-refractivity contribution >= 4 is 0 Å². The molecule has 0 aromatic carbocycles. The summed E-state index contributed by atoms with van der Waals surface area (Å²) in [5, 5.41) is 0. The van der Waals surface area contributed by atoms with Gasteiger partial charge in [0.15, 0.2) is 0 Å². The molecule has 0 amide bonds. The Hall–Kier alpha value is -0.890. The second-order valence-corrected chi connectivity index (χ2v) is 3.03. The SMILES string of the molecule is Cc1cncc(CC2CO2)c1. The van der Waals surface area contributed by atoms with Crippen LogP contribution in [-0.2, 0) is 11.2 Å². The van der Waals surface area contributed by atoms with Crippen LogP contribution in [0.2, 0.25) is 0 Å². The molecule has 2 heteroatoms. The highest BCUT2D eigenvalue weighted by molar-refractivity contribution is 5.17. The van der Waals surface area contributed by atoms with Crippen LogP contribution >= 0.6 is 0 Å². The zero-order chi connectivity index (χ0) is 7.68. The Morgan fingerprint density at radius 3 is 3.09 bits per heavy atom. The maximum absolute atomic E-state index is 5.12. The molecule has 1 aromatic heterocycles. The Labute approximate surface area is 66.2 Å². The first-order valence-corrected chi connectivity index (χ1v) is 3.87. The van der Waals surface area contributed by atoms with E-state index < -0.39 is 0 Å². The van der Waals surface area contributed by atoms with Crippen LogP contribution in [0.1, 0.15) is 11.1 Å². The van der Waals surface area contributed by atoms with E-state index in [2.05, 4.69) is 18.0 Å². The topological polar surface area (TPSA) is 25.4 Å². The Bertz CT molecular complexity index is 255. The Kier molecular flexibility index (Phi) is 1.62. The van der Waals surface area contributed by atoms with Gasteiger partial charge in [0.25, 0.3) is 0 Å². The van der Waals surface area contributed by atoms with Gasteiger partial charge in [-0.15, -0.1) is 0 Å². The lowest BCUT2D eigenvalue weighted by Gasteiger charge is -1.97. The van der Waals surface area contributed by atoms with Crippen LogP contribution in [0.15, 0.2) is 18.5 Å². The van der Waals surface area contributed by atoms with E-state index in [1.807, 2.05) is 12.4 Å². The van der Waals surface area contributed by atoms with Crippen molar-refractivity contribution in [1.82, 2.24) is 4.98 Å². The van der Waals surface area contributed by atoms with Gasteiger partial charge < -0.3 is 4.74 Å². The summed E-state index contributed by atoms with van der Waals surface area (Å²) in [7, 11) is 0. The summed E-state index contributed by atoms with van der Waals surface area (Å²) in [6.07, 6.45) is 5.28. The maximum Gasteiger partial charge on any atom is 0.0850 e. The van der Waals surface area contributed by atoms with Crippen LogP contribution in [0.4, 0.5) is 0 Å². The van der Waals surface area contributed by atoms with Crippen molar-refractivity contribution in [2.24, 2.45) is 0 Å². The third kappa shape index (κ3) is 1.77. The lowest BCUT2D eigenvalue weighted by Crippen LogP contribution is -1.93. The van der Waals surface area contributed by atoms with Crippen LogP contribution in [0, 0.1) is 6.92 Å². The summed E-state index contributed by atoms with van der Waals surface area (Å²) in [6, 6.07) is 2.16. The highest BCUT2D eigenvalue weighted by Gasteiger charge is 2.22. The maximum atomic E-state index is 5.12. The molecule has 1 unspecified atom stereocenters. The summed E-state index contributed by atoms with van der Waals surface area (Å²) in [5.41, 5.74) is 2.51. The zero-order valence-corrected chi connectivity index (χ0v) is 6.58. The number of rotatable bonds is 2. The van der Waals surface area contributed by atoms with E-state index in [0.29, 0.717) is 6.10 Å². The molecule has 1 aliphatic heterocycles. The highest BCUT2D eigenvalue weighted by Crippen LogP contribution is 2.15. The van der Waals surface area contributed by atoms with Crippen LogP contribution in [-0.4, -0.2) is 17.7 Å². The van der Waals surface area contributed by atoms with E-state index in [4.69, 9.17) is 4.74 Å². The van der Waals surface area contributed by atoms with Gasteiger partial charge in [0.2, 0.25) is 0 Å². The minimum atomic E-state index is 0.471. The van der Waals surface area contributed by atoms with Crippen LogP contribution in [0.5, 0.6) is 0 Å². The molecule has 11 heavy (non-hydrogen) atoms. The summed E-state index contributed by atoms with van der Waals surface area (Å²) < 4.78 is 5.12. The second kappa shape index (κ2) is 2.62. The summed E-state index contributed by atoms with van der Waals surface area (Å²) in [4.78, 5) is 4.11. The Balaban J connectivity index is 2.10. The van der Waals surface area contributed by atoms with Gasteiger partial charge in [-0.05, 0) is 18.1 Å². The van der Waals surface area contributed by atoms with E-state index >= 15 is 0 Å². The van der Waals surface area contributed by atoms with Gasteiger partial charge in [0.05, 0.1) is 12.7 Å². The number of pyridine rings is 1. The molecular formula is C9H11NO. The molecule has 1 fully saturated rings. The molecule has 1 atom stereocenters. The van der Waals surface area contributed by atoms with Crippen LogP contribution in [0.25, 0.3) is 0 Å². The Morgan fingerprint density at radius 2 is 2.45 bits per heavy atom. The average molecular weight is 149 g/mol. The number of aryl methyl sites for hydroxylation is 1. The molecule has 1 aromatic rings. The molecule has 58 valence electrons. The molecule has 0 aliphatic carbocycles. The molecule has 2 heterocycles. The van der Waals surface area contributed by atoms with E-state index in [-0.39, 0.29) is 0 Å². The first-order valence-electron chi connectivity index (χ1n) is 3.87. The fourth-order valence-corrected chi connectivity index (χ4v) is 1.18. The number of aromatic nitrogens is 1. The molecular weight excluding hydrogens is 138 g/mol. The monoisotopic (exact) mass is 149 g/mol. The van der Waals surface area contributed by atoms with Crippen molar-refractivity contribution in [3.8, 4) is 0 Å². The fourth-order valence-electron chi connectivity index (χ4n) is 1.18. The minimum absolute atomic E-state index is 0.471. The molecule has 1 saturated heterocycles. The third-order valence-corrected chi connectivity index (χ3v) is 1.80. The normalized spacial score (nSPS) is 21.7. The predicted molar refractivity (Wildman–Crippen MR) is 42.4 cm³/mol. The average Bonchev–Trinajstić information content (AvgIpc) is 2.71. The predicted octanol–water partition coefficient (Wildman–Crippen LogP) is 1.33. The quantitative estimate of drug-likeness (QED) is 0.593. The highest BCUT2D eigenvalue weighted by atomic mass is 16.6. The van der Waals surface area contributed by atoms with E-state index in [1.165, 1.54) is 11.1 Å². The van der Waals surface area contributed by atoms with Crippen molar-refractivity contribution < 1.29 is 4.74 Å². The number of epoxide rings is 1. The lowest BCUT2D eigenvalue weighted by molar-refractivity contribution is 0.407. The van der Waals surface area contributed by atoms with Crippen LogP contribution in [0.3, 0.4) is 0 Å². The molecule has 0 saturated carbocycles. The zero-order valence-electron chi connectivity index (χ0n) is 6.58. The third-order valence-electron chi connectivity index (χ3n) is 1.80. The number of nitrogens with zero attached hydrogens (tertiary/aromatic N) is 1. The second-order valence-electron chi connectivity index (χ2n) is 3.03. The van der Waals surface area contributed by atoms with E-state index in [1.54, 1.807) is 0 Å². The molecule has 0 spiro atoms. The summed E-state index contributed by atoms with van der Waals surface area (Å²) >= 11 is 0. The van der Waals surface area contributed by atoms with Crippen LogP contribution < -0.4 is 0 Å². The van der Waals surface area contributed by atoms with Gasteiger partial charge in [0.1, 0.15) is 0 Å². The Morgan fingerprint density at radius 1 is 1.64 bits per heavy atom. The number of ether oxygens (including phenoxy) is 1. The first-order chi connectivity index (χ1) is 5.34. The van der Waals surface area contributed by atoms with E-state index in [0.717, 1.165) is 13.0 Å². The van der Waals surface area contributed by atoms with Gasteiger partial charge in [0, 0.05) is 18.8 Å². The van der Waals surface area contributed by atoms with Crippen molar-refractivity contribution in [3.63, 3.8) is 0 Å². The molecule has 0 radical (unpaired) electrons. The lowest BCUT2D eigenvalue weighted by atomic mass is 10.1. The van der Waals surface area contributed by atoms with Gasteiger partial charge >= 0.3 is 0 Å². The smallest absolute Gasteiger partial charge is 0.0850 e. The van der Waals surface area contributed by atoms with E-state index in [9.17, 15) is 0 Å². The standard InChI is InChI=1S/C9H11NO/c1-7-2-8(5-10-4-7)3-9-6-11-9/h2,4-5,9H,3,6H2,1H3. The minimum Gasteiger partial charge on any atom is -0.373 e. The molecule has 2 rings (SSSR count). The van der Waals surface area contributed by atoms with Gasteiger partial charge in [-0.2, -0.15) is 0 Å². The van der Waals surface area contributed by atoms with Gasteiger partial charge in [-0.1, -0.05) is 6.07 Å². The first kappa shape index (κ1) is 6.80. The largest absolute Gasteiger partial charge is 0.373 e. The van der Waals surface area contributed by atoms with Crippen molar-refractivity contribution in [2.75, 3.05) is 6.61 Å². The van der Waals surface area contributed by atoms with Crippen molar-refractivity contribution in [3.05, 3.63) is 29.6 Å². The molecule has 2 nitrogen and oxygen atoms in total. The fraction of sp³-hybridized carbons (Fsp3) is 0.444. The van der Waals surface area contributed by atoms with Gasteiger partial charge in [-0.3, -0.25) is 4.98 Å². The van der Waals surface area contributed by atoms with Crippen molar-refractivity contribution in [1.29, 1.82) is 0 Å². The van der Waals surface area contributed by atoms with Gasteiger partial charge in [-0.25, -0.2) is 0 Å². The summed E-state index contributed by atoms with van der Waals surface area (Å²) in [6.45, 7) is 2.98. The molecule has 1 aliphatic rings. The summed E-state index contributed by atoms with van der Waals surface area (Å²) in [5.74, 6) is 0. The van der Waals surface area contributed by atoms with Crippen molar-refractivity contribution in [2.45, 2.75) is 19.4 Å². The number of hydrogen-bond acceptors (Lipinski definition) is 2. The number of hydrogen-bond donors (Lipinski definition) is 0. The molecule has 0 N–H and O–H groups in total. The molecule has 0 bridgehead atoms.